The maximum atomic E-state index is 13.2. The van der Waals surface area contributed by atoms with Gasteiger partial charge in [-0.1, -0.05) is 49.4 Å². The Morgan fingerprint density at radius 1 is 1.19 bits per heavy atom. The van der Waals surface area contributed by atoms with Gasteiger partial charge in [-0.15, -0.1) is 0 Å². The van der Waals surface area contributed by atoms with Crippen LogP contribution in [0.5, 0.6) is 0 Å². The van der Waals surface area contributed by atoms with Gasteiger partial charge < -0.3 is 5.32 Å². The molecule has 0 fully saturated rings. The Labute approximate surface area is 184 Å². The van der Waals surface area contributed by atoms with E-state index in [1.165, 1.54) is 28.8 Å². The summed E-state index contributed by atoms with van der Waals surface area (Å²) in [6.45, 7) is 2.65. The van der Waals surface area contributed by atoms with Gasteiger partial charge in [0.15, 0.2) is 5.17 Å². The van der Waals surface area contributed by atoms with Crippen LogP contribution < -0.4 is 5.32 Å². The smallest absolute Gasteiger partial charge is 0.259 e. The quantitative estimate of drug-likeness (QED) is 0.664. The molecule has 4 rings (SSSR count). The monoisotopic (exact) mass is 438 g/mol. The zero-order chi connectivity index (χ0) is 21.8. The van der Waals surface area contributed by atoms with Crippen LogP contribution in [0, 0.1) is 5.82 Å². The first-order valence-electron chi connectivity index (χ1n) is 10.3. The first kappa shape index (κ1) is 21.2. The largest absolute Gasteiger partial charge is 0.356 e. The Balaban J connectivity index is 1.55. The Bertz CT molecular complexity index is 1050. The maximum absolute atomic E-state index is 13.2. The second-order valence-electron chi connectivity index (χ2n) is 7.38. The van der Waals surface area contributed by atoms with Crippen molar-refractivity contribution in [3.8, 4) is 0 Å². The van der Waals surface area contributed by atoms with Crippen LogP contribution in [0.2, 0.25) is 0 Å². The molecular weight excluding hydrogens is 415 g/mol. The molecule has 31 heavy (non-hydrogen) atoms. The topological polar surface area (TPSA) is 74.1 Å². The minimum atomic E-state index is -0.764. The predicted octanol–water partition coefficient (Wildman–Crippen LogP) is 4.02. The standard InChI is InChI=1S/C23H23FN4O2S/c1-2-3-12-25-20(29)13-19-22(30)28-21(26-19)17-6-4-5-7-18(17)27-23(28)31-14-15-8-10-16(24)11-9-15/h4-11,19H,2-3,12-14H2,1H3,(H,25,29)/t19-/m1/s1. The van der Waals surface area contributed by atoms with E-state index in [4.69, 9.17) is 0 Å². The fourth-order valence-corrected chi connectivity index (χ4v) is 4.37. The Morgan fingerprint density at radius 2 is 1.97 bits per heavy atom. The van der Waals surface area contributed by atoms with Gasteiger partial charge in [0, 0.05) is 17.9 Å². The number of carbonyl (C=O) groups is 2. The number of rotatable bonds is 7. The zero-order valence-electron chi connectivity index (χ0n) is 17.2. The number of benzene rings is 2. The number of carbonyl (C=O) groups excluding carboxylic acids is 2. The molecule has 1 N–H and O–H groups in total. The molecule has 2 amide bonds. The Hall–Kier alpha value is -3.00. The molecule has 0 unspecified atom stereocenters. The average molecular weight is 439 g/mol. The third-order valence-electron chi connectivity index (χ3n) is 5.06. The normalized spacial score (nSPS) is 17.0. The molecule has 0 spiro atoms. The number of fused-ring (bicyclic) bond motifs is 3. The summed E-state index contributed by atoms with van der Waals surface area (Å²) in [7, 11) is 0. The van der Waals surface area contributed by atoms with Gasteiger partial charge in [0.1, 0.15) is 17.7 Å². The number of hydrogen-bond donors (Lipinski definition) is 1. The van der Waals surface area contributed by atoms with E-state index in [1.54, 1.807) is 12.1 Å². The van der Waals surface area contributed by atoms with Crippen LogP contribution in [-0.4, -0.2) is 40.3 Å². The van der Waals surface area contributed by atoms with Gasteiger partial charge in [-0.3, -0.25) is 14.6 Å². The molecule has 1 atom stereocenters. The number of thioether (sulfide) groups is 1. The van der Waals surface area contributed by atoms with Crippen LogP contribution in [0.1, 0.15) is 37.3 Å². The third-order valence-corrected chi connectivity index (χ3v) is 6.07. The number of para-hydroxylation sites is 1. The minimum absolute atomic E-state index is 0.0145. The lowest BCUT2D eigenvalue weighted by Gasteiger charge is -2.25. The van der Waals surface area contributed by atoms with Crippen molar-refractivity contribution in [2.75, 3.05) is 6.54 Å². The summed E-state index contributed by atoms with van der Waals surface area (Å²) in [5.41, 5.74) is 2.43. The molecule has 6 nitrogen and oxygen atoms in total. The van der Waals surface area contributed by atoms with Crippen LogP contribution in [0.3, 0.4) is 0 Å². The number of amides is 2. The first-order valence-corrected chi connectivity index (χ1v) is 11.3. The molecule has 2 aliphatic rings. The fraction of sp³-hybridized carbons (Fsp3) is 0.304. The van der Waals surface area contributed by atoms with Crippen LogP contribution in [0.15, 0.2) is 58.5 Å². The number of nitrogens with one attached hydrogen (secondary N) is 1. The van der Waals surface area contributed by atoms with Crippen molar-refractivity contribution >= 4 is 40.3 Å². The van der Waals surface area contributed by atoms with Crippen molar-refractivity contribution < 1.29 is 14.0 Å². The average Bonchev–Trinajstić information content (AvgIpc) is 3.10. The van der Waals surface area contributed by atoms with Gasteiger partial charge in [0.2, 0.25) is 5.91 Å². The van der Waals surface area contributed by atoms with Crippen molar-refractivity contribution in [1.82, 2.24) is 10.2 Å². The van der Waals surface area contributed by atoms with E-state index in [1.807, 2.05) is 24.3 Å². The van der Waals surface area contributed by atoms with Gasteiger partial charge in [-0.2, -0.15) is 0 Å². The van der Waals surface area contributed by atoms with Gasteiger partial charge in [-0.25, -0.2) is 14.3 Å². The van der Waals surface area contributed by atoms with Crippen molar-refractivity contribution in [3.63, 3.8) is 0 Å². The lowest BCUT2D eigenvalue weighted by molar-refractivity contribution is -0.128. The number of amidine groups is 2. The van der Waals surface area contributed by atoms with Crippen LogP contribution in [0.25, 0.3) is 0 Å². The first-order chi connectivity index (χ1) is 15.1. The highest BCUT2D eigenvalue weighted by atomic mass is 32.2. The highest BCUT2D eigenvalue weighted by Gasteiger charge is 2.41. The summed E-state index contributed by atoms with van der Waals surface area (Å²) in [5, 5.41) is 3.36. The third kappa shape index (κ3) is 4.69. The number of nitrogens with zero attached hydrogens (tertiary/aromatic N) is 3. The molecule has 160 valence electrons. The second-order valence-corrected chi connectivity index (χ2v) is 8.32. The lowest BCUT2D eigenvalue weighted by atomic mass is 10.1. The minimum Gasteiger partial charge on any atom is -0.356 e. The van der Waals surface area contributed by atoms with E-state index in [9.17, 15) is 14.0 Å². The number of aliphatic imine (C=N–C) groups is 2. The van der Waals surface area contributed by atoms with Crippen molar-refractivity contribution in [1.29, 1.82) is 0 Å². The molecule has 0 bridgehead atoms. The second kappa shape index (κ2) is 9.43. The molecule has 0 aliphatic carbocycles. The molecule has 8 heteroatoms. The van der Waals surface area contributed by atoms with Gasteiger partial charge in [-0.05, 0) is 36.2 Å². The zero-order valence-corrected chi connectivity index (χ0v) is 18.0. The van der Waals surface area contributed by atoms with E-state index < -0.39 is 6.04 Å². The van der Waals surface area contributed by atoms with Gasteiger partial charge >= 0.3 is 0 Å². The van der Waals surface area contributed by atoms with Crippen molar-refractivity contribution in [2.45, 2.75) is 38.0 Å². The SMILES string of the molecule is CCCCNC(=O)C[C@H]1N=C2c3ccccc3N=C(SCc3ccc(F)cc3)N2C1=O. The van der Waals surface area contributed by atoms with E-state index in [0.717, 1.165) is 29.7 Å². The molecule has 2 aromatic carbocycles. The molecule has 0 saturated carbocycles. The van der Waals surface area contributed by atoms with Gasteiger partial charge in [0.25, 0.3) is 5.91 Å². The summed E-state index contributed by atoms with van der Waals surface area (Å²) in [6.07, 6.45) is 1.90. The molecule has 2 heterocycles. The molecular formula is C23H23FN4O2S. The summed E-state index contributed by atoms with van der Waals surface area (Å²) in [4.78, 5) is 36.2. The highest BCUT2D eigenvalue weighted by molar-refractivity contribution is 8.13. The van der Waals surface area contributed by atoms with E-state index in [2.05, 4.69) is 22.2 Å². The lowest BCUT2D eigenvalue weighted by Crippen LogP contribution is -2.42. The number of halogens is 1. The van der Waals surface area contributed by atoms with Crippen molar-refractivity contribution in [2.24, 2.45) is 9.98 Å². The number of hydrogen-bond acceptors (Lipinski definition) is 5. The maximum Gasteiger partial charge on any atom is 0.259 e. The Kier molecular flexibility index (Phi) is 6.46. The summed E-state index contributed by atoms with van der Waals surface area (Å²) < 4.78 is 13.2. The summed E-state index contributed by atoms with van der Waals surface area (Å²) in [6, 6.07) is 13.0. The molecule has 2 aromatic rings. The highest BCUT2D eigenvalue weighted by Crippen LogP contribution is 2.34. The number of unbranched alkanes of at least 4 members (excludes halogenated alkanes) is 1. The van der Waals surface area contributed by atoms with E-state index >= 15 is 0 Å². The van der Waals surface area contributed by atoms with Crippen molar-refractivity contribution in [3.05, 3.63) is 65.5 Å². The molecule has 2 aliphatic heterocycles. The fourth-order valence-electron chi connectivity index (χ4n) is 3.41. The Morgan fingerprint density at radius 3 is 2.74 bits per heavy atom. The summed E-state index contributed by atoms with van der Waals surface area (Å²) in [5.74, 6) is 0.341. The molecule has 0 aromatic heterocycles. The molecule has 0 radical (unpaired) electrons. The van der Waals surface area contributed by atoms with Crippen LogP contribution in [0.4, 0.5) is 10.1 Å². The van der Waals surface area contributed by atoms with Crippen LogP contribution >= 0.6 is 11.8 Å². The summed E-state index contributed by atoms with van der Waals surface area (Å²) >= 11 is 1.39. The molecule has 0 saturated heterocycles. The van der Waals surface area contributed by atoms with E-state index in [-0.39, 0.29) is 24.1 Å². The predicted molar refractivity (Wildman–Crippen MR) is 121 cm³/mol. The van der Waals surface area contributed by atoms with E-state index in [0.29, 0.717) is 23.3 Å². The van der Waals surface area contributed by atoms with Gasteiger partial charge in [0.05, 0.1) is 12.1 Å². The van der Waals surface area contributed by atoms with Crippen LogP contribution in [-0.2, 0) is 15.3 Å².